The number of carbonyl (C=O) groups is 1. The quantitative estimate of drug-likeness (QED) is 0.674. The van der Waals surface area contributed by atoms with E-state index >= 15 is 4.39 Å². The molecule has 0 radical (unpaired) electrons. The summed E-state index contributed by atoms with van der Waals surface area (Å²) in [6.07, 6.45) is 3.25. The molecule has 5 rings (SSSR count). The number of nitrogens with zero attached hydrogens (tertiary/aromatic N) is 4. The van der Waals surface area contributed by atoms with Crippen molar-refractivity contribution in [2.75, 3.05) is 43.4 Å². The zero-order valence-electron chi connectivity index (χ0n) is 17.5. The second-order valence-electron chi connectivity index (χ2n) is 8.26. The number of imidazole rings is 1. The van der Waals surface area contributed by atoms with Crippen molar-refractivity contribution in [3.63, 3.8) is 0 Å². The highest BCUT2D eigenvalue weighted by Crippen LogP contribution is 2.36. The number of piperazine rings is 1. The van der Waals surface area contributed by atoms with Crippen molar-refractivity contribution in [2.24, 2.45) is 0 Å². The number of hydrogen-bond donors (Lipinski definition) is 2. The van der Waals surface area contributed by atoms with Crippen LogP contribution in [0.25, 0.3) is 5.65 Å². The summed E-state index contributed by atoms with van der Waals surface area (Å²) < 4.78 is 31.2. The van der Waals surface area contributed by atoms with Crippen LogP contribution in [-0.2, 0) is 13.1 Å². The Labute approximate surface area is 178 Å². The predicted molar refractivity (Wildman–Crippen MR) is 114 cm³/mol. The van der Waals surface area contributed by atoms with Gasteiger partial charge in [0.05, 0.1) is 16.9 Å². The number of fused-ring (bicyclic) bond motifs is 2. The van der Waals surface area contributed by atoms with Crippen molar-refractivity contribution in [2.45, 2.75) is 20.0 Å². The van der Waals surface area contributed by atoms with Gasteiger partial charge >= 0.3 is 0 Å². The molecule has 0 aliphatic carbocycles. The van der Waals surface area contributed by atoms with Crippen LogP contribution >= 0.6 is 0 Å². The van der Waals surface area contributed by atoms with E-state index in [-0.39, 0.29) is 16.9 Å². The second kappa shape index (κ2) is 7.58. The van der Waals surface area contributed by atoms with Crippen LogP contribution in [0.15, 0.2) is 24.5 Å². The number of aromatic nitrogens is 2. The van der Waals surface area contributed by atoms with Crippen molar-refractivity contribution in [1.29, 1.82) is 0 Å². The van der Waals surface area contributed by atoms with Gasteiger partial charge in [-0.3, -0.25) is 9.69 Å². The lowest BCUT2D eigenvalue weighted by atomic mass is 9.99. The van der Waals surface area contributed by atoms with Crippen LogP contribution in [0.5, 0.6) is 0 Å². The number of pyridine rings is 1. The van der Waals surface area contributed by atoms with Crippen LogP contribution in [0.3, 0.4) is 0 Å². The maximum atomic E-state index is 15.3. The van der Waals surface area contributed by atoms with Gasteiger partial charge in [-0.1, -0.05) is 0 Å². The fraction of sp³-hybridized carbons (Fsp3) is 0.364. The predicted octanol–water partition coefficient (Wildman–Crippen LogP) is 2.53. The molecule has 9 heteroatoms. The summed E-state index contributed by atoms with van der Waals surface area (Å²) in [6, 6.07) is 2.68. The van der Waals surface area contributed by atoms with Crippen molar-refractivity contribution < 1.29 is 13.6 Å². The second-order valence-corrected chi connectivity index (χ2v) is 8.26. The third-order valence-corrected chi connectivity index (χ3v) is 5.90. The van der Waals surface area contributed by atoms with Crippen LogP contribution < -0.4 is 15.5 Å². The van der Waals surface area contributed by atoms with Gasteiger partial charge in [0.1, 0.15) is 5.82 Å². The Morgan fingerprint density at radius 2 is 1.84 bits per heavy atom. The molecule has 31 heavy (non-hydrogen) atoms. The summed E-state index contributed by atoms with van der Waals surface area (Å²) >= 11 is 0. The van der Waals surface area contributed by atoms with E-state index < -0.39 is 17.5 Å². The van der Waals surface area contributed by atoms with Crippen molar-refractivity contribution in [1.82, 2.24) is 19.6 Å². The Morgan fingerprint density at radius 3 is 2.61 bits per heavy atom. The summed E-state index contributed by atoms with van der Waals surface area (Å²) in [5, 5.41) is 5.98. The minimum absolute atomic E-state index is 0.0283. The van der Waals surface area contributed by atoms with Gasteiger partial charge in [-0.25, -0.2) is 13.8 Å². The van der Waals surface area contributed by atoms with Gasteiger partial charge in [0.25, 0.3) is 5.91 Å². The summed E-state index contributed by atoms with van der Waals surface area (Å²) in [5.41, 5.74) is 3.67. The van der Waals surface area contributed by atoms with E-state index in [1.165, 1.54) is 16.5 Å². The van der Waals surface area contributed by atoms with Crippen LogP contribution in [-0.4, -0.2) is 53.4 Å². The monoisotopic (exact) mass is 426 g/mol. The number of carbonyl (C=O) groups excluding carboxylic acids is 1. The molecule has 1 aromatic carbocycles. The Bertz CT molecular complexity index is 1180. The molecule has 0 atom stereocenters. The molecule has 2 aliphatic rings. The first-order chi connectivity index (χ1) is 14.9. The molecule has 2 aromatic heterocycles. The minimum Gasteiger partial charge on any atom is -0.369 e. The molecule has 3 aromatic rings. The van der Waals surface area contributed by atoms with E-state index in [1.807, 2.05) is 7.05 Å². The average molecular weight is 426 g/mol. The number of amides is 1. The summed E-state index contributed by atoms with van der Waals surface area (Å²) in [7, 11) is 1.95. The number of benzene rings is 1. The first-order valence-corrected chi connectivity index (χ1v) is 10.4. The molecule has 1 saturated heterocycles. The first kappa shape index (κ1) is 19.9. The molecule has 0 saturated carbocycles. The standard InChI is InChI=1S/C22H24F2N6O/c1-13-9-30-10-14(7-18(24)21(30)26-13)27-22(31)20-16-12-28(2)11-15(16)19(8-17(20)23)29-5-3-25-4-6-29/h7-10,25H,3-6,11-12H2,1-2H3,(H,27,31). The Balaban J connectivity index is 1.51. The fourth-order valence-corrected chi connectivity index (χ4v) is 4.55. The van der Waals surface area contributed by atoms with Crippen LogP contribution in [0.1, 0.15) is 27.2 Å². The van der Waals surface area contributed by atoms with Gasteiger partial charge in [-0.05, 0) is 31.2 Å². The SMILES string of the molecule is Cc1cn2cc(NC(=O)c3c(F)cc(N4CCNCC4)c4c3CN(C)C4)cc(F)c2n1. The molecule has 0 spiro atoms. The zero-order valence-corrected chi connectivity index (χ0v) is 17.5. The van der Waals surface area contributed by atoms with E-state index in [2.05, 4.69) is 25.4 Å². The number of rotatable bonds is 3. The number of halogens is 2. The normalized spacial score (nSPS) is 16.7. The lowest BCUT2D eigenvalue weighted by molar-refractivity contribution is 0.102. The average Bonchev–Trinajstić information content (AvgIpc) is 3.29. The van der Waals surface area contributed by atoms with Crippen molar-refractivity contribution in [3.05, 3.63) is 58.5 Å². The largest absolute Gasteiger partial charge is 0.369 e. The molecule has 1 fully saturated rings. The Morgan fingerprint density at radius 1 is 1.10 bits per heavy atom. The molecule has 0 bridgehead atoms. The summed E-state index contributed by atoms with van der Waals surface area (Å²) in [6.45, 7) is 6.19. The van der Waals surface area contributed by atoms with E-state index in [0.717, 1.165) is 37.4 Å². The summed E-state index contributed by atoms with van der Waals surface area (Å²) in [4.78, 5) is 21.4. The van der Waals surface area contributed by atoms with Crippen molar-refractivity contribution >= 4 is 22.9 Å². The lowest BCUT2D eigenvalue weighted by Gasteiger charge is -2.31. The molecule has 4 heterocycles. The molecule has 1 amide bonds. The van der Waals surface area contributed by atoms with Gasteiger partial charge in [0.15, 0.2) is 11.5 Å². The molecule has 0 unspecified atom stereocenters. The van der Waals surface area contributed by atoms with E-state index in [0.29, 0.717) is 24.3 Å². The van der Waals surface area contributed by atoms with Gasteiger partial charge < -0.3 is 19.9 Å². The van der Waals surface area contributed by atoms with Crippen molar-refractivity contribution in [3.8, 4) is 0 Å². The van der Waals surface area contributed by atoms with Gasteiger partial charge in [-0.15, -0.1) is 0 Å². The third kappa shape index (κ3) is 3.53. The maximum Gasteiger partial charge on any atom is 0.259 e. The molecule has 162 valence electrons. The fourth-order valence-electron chi connectivity index (χ4n) is 4.55. The van der Waals surface area contributed by atoms with E-state index in [4.69, 9.17) is 0 Å². The topological polar surface area (TPSA) is 64.9 Å². The van der Waals surface area contributed by atoms with Crippen LogP contribution in [0.2, 0.25) is 0 Å². The first-order valence-electron chi connectivity index (χ1n) is 10.4. The Hall–Kier alpha value is -3.04. The minimum atomic E-state index is -0.577. The van der Waals surface area contributed by atoms with Gasteiger partial charge in [-0.2, -0.15) is 0 Å². The number of anilines is 2. The highest BCUT2D eigenvalue weighted by Gasteiger charge is 2.30. The van der Waals surface area contributed by atoms with E-state index in [1.54, 1.807) is 19.3 Å². The van der Waals surface area contributed by atoms with Crippen LogP contribution in [0.4, 0.5) is 20.2 Å². The third-order valence-electron chi connectivity index (χ3n) is 5.90. The number of aryl methyl sites for hydroxylation is 1. The highest BCUT2D eigenvalue weighted by atomic mass is 19.1. The zero-order chi connectivity index (χ0) is 21.7. The maximum absolute atomic E-state index is 15.3. The molecular formula is C22H24F2N6O. The molecular weight excluding hydrogens is 402 g/mol. The molecule has 2 aliphatic heterocycles. The smallest absolute Gasteiger partial charge is 0.259 e. The summed E-state index contributed by atoms with van der Waals surface area (Å²) in [5.74, 6) is -1.68. The Kier molecular flexibility index (Phi) is 4.86. The lowest BCUT2D eigenvalue weighted by Crippen LogP contribution is -2.44. The van der Waals surface area contributed by atoms with Crippen LogP contribution in [0, 0.1) is 18.6 Å². The van der Waals surface area contributed by atoms with Gasteiger partial charge in [0.2, 0.25) is 0 Å². The van der Waals surface area contributed by atoms with E-state index in [9.17, 15) is 9.18 Å². The number of hydrogen-bond acceptors (Lipinski definition) is 5. The highest BCUT2D eigenvalue weighted by molar-refractivity contribution is 6.06. The molecule has 2 N–H and O–H groups in total. The molecule has 7 nitrogen and oxygen atoms in total. The number of nitrogens with one attached hydrogen (secondary N) is 2. The van der Waals surface area contributed by atoms with Gasteiger partial charge in [0, 0.05) is 63.4 Å².